The molecule has 0 spiro atoms. The van der Waals surface area contributed by atoms with E-state index in [-0.39, 0.29) is 5.69 Å². The standard InChI is InChI=1S/C16H24N2O4/c1-5-6-10-17(15(19)22-16(2,3)4)12-13-8-7-9-14(11-13)18(20)21/h7-9,11H,5-6,10,12H2,1-4H3. The van der Waals surface area contributed by atoms with Crippen LogP contribution in [0, 0.1) is 10.1 Å². The zero-order valence-corrected chi connectivity index (χ0v) is 13.7. The molecule has 0 saturated carbocycles. The molecule has 0 aliphatic rings. The molecule has 22 heavy (non-hydrogen) atoms. The molecular formula is C16H24N2O4. The fraction of sp³-hybridized carbons (Fsp3) is 0.562. The van der Waals surface area contributed by atoms with Crippen molar-refractivity contribution in [3.8, 4) is 0 Å². The van der Waals surface area contributed by atoms with Crippen LogP contribution in [0.25, 0.3) is 0 Å². The van der Waals surface area contributed by atoms with Crippen molar-refractivity contribution in [2.45, 2.75) is 52.7 Å². The summed E-state index contributed by atoms with van der Waals surface area (Å²) in [6, 6.07) is 6.33. The highest BCUT2D eigenvalue weighted by Gasteiger charge is 2.22. The van der Waals surface area contributed by atoms with Crippen molar-refractivity contribution in [1.29, 1.82) is 0 Å². The minimum atomic E-state index is -0.565. The number of unbranched alkanes of at least 4 members (excludes halogenated alkanes) is 1. The first kappa shape index (κ1) is 17.9. The lowest BCUT2D eigenvalue weighted by Gasteiger charge is -2.27. The Morgan fingerprint density at radius 1 is 1.36 bits per heavy atom. The van der Waals surface area contributed by atoms with E-state index < -0.39 is 16.6 Å². The Morgan fingerprint density at radius 3 is 2.59 bits per heavy atom. The van der Waals surface area contributed by atoms with Crippen molar-refractivity contribution in [3.05, 3.63) is 39.9 Å². The zero-order chi connectivity index (χ0) is 16.8. The number of carbonyl (C=O) groups is 1. The normalized spacial score (nSPS) is 11.1. The van der Waals surface area contributed by atoms with Crippen molar-refractivity contribution in [2.75, 3.05) is 6.54 Å². The van der Waals surface area contributed by atoms with E-state index in [1.54, 1.807) is 17.0 Å². The Hall–Kier alpha value is -2.11. The van der Waals surface area contributed by atoms with Crippen LogP contribution in [0.15, 0.2) is 24.3 Å². The Morgan fingerprint density at radius 2 is 2.05 bits per heavy atom. The van der Waals surface area contributed by atoms with Gasteiger partial charge >= 0.3 is 6.09 Å². The Labute approximate surface area is 131 Å². The largest absolute Gasteiger partial charge is 0.444 e. The number of rotatable bonds is 6. The van der Waals surface area contributed by atoms with Crippen molar-refractivity contribution < 1.29 is 14.5 Å². The van der Waals surface area contributed by atoms with Crippen molar-refractivity contribution >= 4 is 11.8 Å². The van der Waals surface area contributed by atoms with Gasteiger partial charge < -0.3 is 9.64 Å². The molecule has 122 valence electrons. The second-order valence-electron chi connectivity index (χ2n) is 6.18. The van der Waals surface area contributed by atoms with Gasteiger partial charge in [-0.3, -0.25) is 10.1 Å². The summed E-state index contributed by atoms with van der Waals surface area (Å²) < 4.78 is 5.40. The minimum Gasteiger partial charge on any atom is -0.444 e. The summed E-state index contributed by atoms with van der Waals surface area (Å²) in [7, 11) is 0. The highest BCUT2D eigenvalue weighted by molar-refractivity contribution is 5.68. The maximum atomic E-state index is 12.3. The fourth-order valence-corrected chi connectivity index (χ4v) is 1.90. The third-order valence-corrected chi connectivity index (χ3v) is 2.93. The van der Waals surface area contributed by atoms with Crippen LogP contribution in [0.1, 0.15) is 46.1 Å². The molecule has 0 fully saturated rings. The number of hydrogen-bond acceptors (Lipinski definition) is 4. The highest BCUT2D eigenvalue weighted by Crippen LogP contribution is 2.17. The van der Waals surface area contributed by atoms with Crippen molar-refractivity contribution in [1.82, 2.24) is 4.90 Å². The molecule has 0 atom stereocenters. The molecule has 1 aromatic rings. The number of carbonyl (C=O) groups excluding carboxylic acids is 1. The molecule has 1 aromatic carbocycles. The van der Waals surface area contributed by atoms with Gasteiger partial charge in [-0.25, -0.2) is 4.79 Å². The van der Waals surface area contributed by atoms with Crippen LogP contribution in [0.5, 0.6) is 0 Å². The zero-order valence-electron chi connectivity index (χ0n) is 13.7. The van der Waals surface area contributed by atoms with Crippen LogP contribution >= 0.6 is 0 Å². The molecule has 6 nitrogen and oxygen atoms in total. The number of non-ortho nitro benzene ring substituents is 1. The predicted octanol–water partition coefficient (Wildman–Crippen LogP) is 4.13. The van der Waals surface area contributed by atoms with Gasteiger partial charge in [0.25, 0.3) is 5.69 Å². The van der Waals surface area contributed by atoms with Crippen molar-refractivity contribution in [2.24, 2.45) is 0 Å². The molecule has 0 heterocycles. The van der Waals surface area contributed by atoms with Gasteiger partial charge in [-0.05, 0) is 32.8 Å². The number of nitro groups is 1. The number of ether oxygens (including phenoxy) is 1. The van der Waals surface area contributed by atoms with Gasteiger partial charge in [0, 0.05) is 25.2 Å². The summed E-state index contributed by atoms with van der Waals surface area (Å²) in [5.74, 6) is 0. The Balaban J connectivity index is 2.86. The van der Waals surface area contributed by atoms with Gasteiger partial charge in [-0.1, -0.05) is 25.5 Å². The maximum absolute atomic E-state index is 12.3. The summed E-state index contributed by atoms with van der Waals surface area (Å²) in [6.45, 7) is 8.36. The summed E-state index contributed by atoms with van der Waals surface area (Å²) in [5.41, 5.74) is 0.179. The van der Waals surface area contributed by atoms with Crippen LogP contribution in [-0.2, 0) is 11.3 Å². The van der Waals surface area contributed by atoms with E-state index in [1.165, 1.54) is 12.1 Å². The summed E-state index contributed by atoms with van der Waals surface area (Å²) in [5, 5.41) is 10.8. The number of benzene rings is 1. The van der Waals surface area contributed by atoms with Crippen molar-refractivity contribution in [3.63, 3.8) is 0 Å². The first-order valence-corrected chi connectivity index (χ1v) is 7.44. The van der Waals surface area contributed by atoms with Gasteiger partial charge in [0.05, 0.1) is 4.92 Å². The van der Waals surface area contributed by atoms with Crippen LogP contribution in [0.4, 0.5) is 10.5 Å². The number of nitrogens with zero attached hydrogens (tertiary/aromatic N) is 2. The highest BCUT2D eigenvalue weighted by atomic mass is 16.6. The monoisotopic (exact) mass is 308 g/mol. The number of nitro benzene ring substituents is 1. The molecule has 0 saturated heterocycles. The summed E-state index contributed by atoms with van der Waals surface area (Å²) in [4.78, 5) is 24.2. The average Bonchev–Trinajstić information content (AvgIpc) is 2.41. The molecule has 1 rings (SSSR count). The summed E-state index contributed by atoms with van der Waals surface area (Å²) in [6.07, 6.45) is 1.41. The van der Waals surface area contributed by atoms with Gasteiger partial charge in [0.1, 0.15) is 5.60 Å². The van der Waals surface area contributed by atoms with Gasteiger partial charge in [-0.15, -0.1) is 0 Å². The van der Waals surface area contributed by atoms with Crippen LogP contribution in [0.2, 0.25) is 0 Å². The second kappa shape index (κ2) is 7.77. The minimum absolute atomic E-state index is 0.0251. The van der Waals surface area contributed by atoms with E-state index >= 15 is 0 Å². The van der Waals surface area contributed by atoms with Crippen LogP contribution in [0.3, 0.4) is 0 Å². The first-order chi connectivity index (χ1) is 10.2. The molecule has 0 aliphatic heterocycles. The quantitative estimate of drug-likeness (QED) is 0.585. The number of amides is 1. The van der Waals surface area contributed by atoms with Crippen LogP contribution in [-0.4, -0.2) is 28.1 Å². The van der Waals surface area contributed by atoms with E-state index in [2.05, 4.69) is 0 Å². The van der Waals surface area contributed by atoms with Gasteiger partial charge in [0.15, 0.2) is 0 Å². The lowest BCUT2D eigenvalue weighted by atomic mass is 10.2. The molecular weight excluding hydrogens is 284 g/mol. The lowest BCUT2D eigenvalue weighted by molar-refractivity contribution is -0.384. The molecule has 0 unspecified atom stereocenters. The topological polar surface area (TPSA) is 72.7 Å². The molecule has 6 heteroatoms. The second-order valence-corrected chi connectivity index (χ2v) is 6.18. The Kier molecular flexibility index (Phi) is 6.34. The maximum Gasteiger partial charge on any atom is 0.410 e. The van der Waals surface area contributed by atoms with E-state index in [0.717, 1.165) is 18.4 Å². The summed E-state index contributed by atoms with van der Waals surface area (Å²) >= 11 is 0. The average molecular weight is 308 g/mol. The predicted molar refractivity (Wildman–Crippen MR) is 84.6 cm³/mol. The molecule has 0 bridgehead atoms. The fourth-order valence-electron chi connectivity index (χ4n) is 1.90. The molecule has 1 amide bonds. The van der Waals surface area contributed by atoms with Crippen LogP contribution < -0.4 is 0 Å². The van der Waals surface area contributed by atoms with Gasteiger partial charge in [0.2, 0.25) is 0 Å². The molecule has 0 N–H and O–H groups in total. The molecule has 0 aromatic heterocycles. The smallest absolute Gasteiger partial charge is 0.410 e. The van der Waals surface area contributed by atoms with E-state index in [1.807, 2.05) is 27.7 Å². The molecule has 0 radical (unpaired) electrons. The number of hydrogen-bond donors (Lipinski definition) is 0. The van der Waals surface area contributed by atoms with E-state index in [0.29, 0.717) is 13.1 Å². The van der Waals surface area contributed by atoms with E-state index in [9.17, 15) is 14.9 Å². The first-order valence-electron chi connectivity index (χ1n) is 7.44. The van der Waals surface area contributed by atoms with Gasteiger partial charge in [-0.2, -0.15) is 0 Å². The third kappa shape index (κ3) is 6.11. The SMILES string of the molecule is CCCCN(Cc1cccc([N+](=O)[O-])c1)C(=O)OC(C)(C)C. The third-order valence-electron chi connectivity index (χ3n) is 2.93. The Bertz CT molecular complexity index is 523. The lowest BCUT2D eigenvalue weighted by Crippen LogP contribution is -2.37. The van der Waals surface area contributed by atoms with E-state index in [4.69, 9.17) is 4.74 Å². The molecule has 0 aliphatic carbocycles.